The molecule has 30 heavy (non-hydrogen) atoms. The van der Waals surface area contributed by atoms with Gasteiger partial charge in [0, 0.05) is 43.7 Å². The van der Waals surface area contributed by atoms with E-state index in [1.165, 1.54) is 12.2 Å². The van der Waals surface area contributed by atoms with Crippen LogP contribution in [0, 0.1) is 5.41 Å². The van der Waals surface area contributed by atoms with Gasteiger partial charge >= 0.3 is 5.97 Å². The van der Waals surface area contributed by atoms with Crippen LogP contribution in [0.3, 0.4) is 0 Å². The van der Waals surface area contributed by atoms with Crippen molar-refractivity contribution in [1.29, 1.82) is 5.41 Å². The molecule has 2 amide bonds. The Morgan fingerprint density at radius 3 is 2.47 bits per heavy atom. The summed E-state index contributed by atoms with van der Waals surface area (Å²) in [5.74, 6) is -1.79. The molecule has 4 atom stereocenters. The summed E-state index contributed by atoms with van der Waals surface area (Å²) in [5, 5.41) is 8.40. The summed E-state index contributed by atoms with van der Waals surface area (Å²) in [6.07, 6.45) is 0.337. The molecule has 0 bridgehead atoms. The monoisotopic (exact) mass is 463 g/mol. The Bertz CT molecular complexity index is 871. The van der Waals surface area contributed by atoms with Crippen LogP contribution < -0.4 is 0 Å². The fraction of sp³-hybridized carbons (Fsp3) is 0.625. The number of carbonyl (C=O) groups excluding carboxylic acids is 3. The molecule has 0 aromatic rings. The predicted molar refractivity (Wildman–Crippen MR) is 103 cm³/mol. The van der Waals surface area contributed by atoms with Crippen LogP contribution >= 0.6 is 14.7 Å². The Hall–Kier alpha value is -1.84. The lowest BCUT2D eigenvalue weighted by Crippen LogP contribution is -2.40. The second kappa shape index (κ2) is 8.72. The van der Waals surface area contributed by atoms with Crippen LogP contribution in [0.5, 0.6) is 0 Å². The molecule has 3 N–H and O–H groups in total. The molecular weight excluding hydrogens is 440 g/mol. The fourth-order valence-corrected chi connectivity index (χ4v) is 7.06. The molecule has 0 aliphatic carbocycles. The SMILES string of the molecule is N=C1C=CC(=O)N1CCP(=O)(O)CCP(=O)(O)CCC(=O)ON1C(=O)CCC2OC21. The minimum atomic E-state index is -3.89. The summed E-state index contributed by atoms with van der Waals surface area (Å²) in [6.45, 7) is -0.144. The van der Waals surface area contributed by atoms with Crippen LogP contribution in [0.25, 0.3) is 0 Å². The highest BCUT2D eigenvalue weighted by molar-refractivity contribution is 7.62. The number of ether oxygens (including phenoxy) is 1. The quantitative estimate of drug-likeness (QED) is 0.299. The second-order valence-electron chi connectivity index (χ2n) is 7.33. The van der Waals surface area contributed by atoms with E-state index in [9.17, 15) is 33.3 Å². The number of epoxide rings is 1. The van der Waals surface area contributed by atoms with E-state index in [-0.39, 0.29) is 31.1 Å². The number of rotatable bonds is 10. The lowest BCUT2D eigenvalue weighted by atomic mass is 10.1. The largest absolute Gasteiger partial charge is 0.344 e. The molecule has 166 valence electrons. The van der Waals surface area contributed by atoms with Gasteiger partial charge in [-0.25, -0.2) is 4.79 Å². The average Bonchev–Trinajstić information content (AvgIpc) is 3.39. The van der Waals surface area contributed by atoms with E-state index in [1.807, 2.05) is 0 Å². The molecule has 3 aliphatic rings. The lowest BCUT2D eigenvalue weighted by molar-refractivity contribution is -0.207. The molecule has 3 heterocycles. The molecule has 0 spiro atoms. The van der Waals surface area contributed by atoms with E-state index in [2.05, 4.69) is 0 Å². The Kier molecular flexibility index (Phi) is 6.64. The van der Waals surface area contributed by atoms with Crippen LogP contribution in [-0.4, -0.2) is 86.9 Å². The van der Waals surface area contributed by atoms with Gasteiger partial charge in [-0.15, -0.1) is 5.06 Å². The zero-order chi connectivity index (χ0) is 22.1. The lowest BCUT2D eigenvalue weighted by Gasteiger charge is -2.22. The minimum Gasteiger partial charge on any atom is -0.344 e. The van der Waals surface area contributed by atoms with Crippen LogP contribution in [-0.2, 0) is 33.1 Å². The third-order valence-corrected chi connectivity index (χ3v) is 8.97. The number of hydrogen-bond acceptors (Lipinski definition) is 8. The van der Waals surface area contributed by atoms with Gasteiger partial charge in [-0.05, 0) is 12.5 Å². The number of nitrogens with zero attached hydrogens (tertiary/aromatic N) is 2. The number of piperidine rings is 1. The van der Waals surface area contributed by atoms with Crippen LogP contribution in [0.2, 0.25) is 0 Å². The van der Waals surface area contributed by atoms with Crippen molar-refractivity contribution in [2.24, 2.45) is 0 Å². The van der Waals surface area contributed by atoms with E-state index in [0.29, 0.717) is 6.42 Å². The van der Waals surface area contributed by atoms with Crippen molar-refractivity contribution in [3.05, 3.63) is 12.2 Å². The first kappa shape index (κ1) is 22.8. The van der Waals surface area contributed by atoms with Crippen LogP contribution in [0.15, 0.2) is 12.2 Å². The number of hydrogen-bond donors (Lipinski definition) is 3. The summed E-state index contributed by atoms with van der Waals surface area (Å²) in [6, 6.07) is 0. The van der Waals surface area contributed by atoms with Gasteiger partial charge in [-0.1, -0.05) is 0 Å². The van der Waals surface area contributed by atoms with Gasteiger partial charge in [-0.2, -0.15) is 0 Å². The molecule has 3 aliphatic heterocycles. The average molecular weight is 463 g/mol. The first-order chi connectivity index (χ1) is 14.0. The Morgan fingerprint density at radius 1 is 1.17 bits per heavy atom. The molecule has 0 aromatic carbocycles. The number of amides is 2. The Balaban J connectivity index is 1.39. The van der Waals surface area contributed by atoms with Gasteiger partial charge in [0.2, 0.25) is 14.7 Å². The zero-order valence-electron chi connectivity index (χ0n) is 16.0. The molecule has 0 saturated carbocycles. The summed E-state index contributed by atoms with van der Waals surface area (Å²) >= 11 is 0. The standard InChI is InChI=1S/C16H23N3O9P2/c17-12-2-4-13(20)18(12)6-8-30(25,26)10-9-29(23,24)7-5-15(22)28-19-14(21)3-1-11-16(19)27-11/h2,4,11,16-17H,1,3,5-10H2,(H,23,24)(H,25,26). The summed E-state index contributed by atoms with van der Waals surface area (Å²) in [4.78, 5) is 61.2. The van der Waals surface area contributed by atoms with Gasteiger partial charge in [0.15, 0.2) is 6.23 Å². The predicted octanol–water partition coefficient (Wildman–Crippen LogP) is 0.0985. The highest BCUT2D eigenvalue weighted by atomic mass is 31.2. The minimum absolute atomic E-state index is 0.0820. The molecule has 2 fully saturated rings. The van der Waals surface area contributed by atoms with Gasteiger partial charge < -0.3 is 19.4 Å². The van der Waals surface area contributed by atoms with E-state index < -0.39 is 63.7 Å². The molecule has 0 radical (unpaired) electrons. The Morgan fingerprint density at radius 2 is 1.83 bits per heavy atom. The van der Waals surface area contributed by atoms with E-state index in [4.69, 9.17) is 15.0 Å². The normalized spacial score (nSPS) is 26.9. The fourth-order valence-electron chi connectivity index (χ4n) is 3.06. The highest BCUT2D eigenvalue weighted by Gasteiger charge is 2.51. The van der Waals surface area contributed by atoms with Crippen LogP contribution in [0.1, 0.15) is 19.3 Å². The van der Waals surface area contributed by atoms with Gasteiger partial charge in [-0.3, -0.25) is 29.0 Å². The maximum absolute atomic E-state index is 12.3. The summed E-state index contributed by atoms with van der Waals surface area (Å²) < 4.78 is 29.7. The topological polar surface area (TPSA) is 178 Å². The maximum atomic E-state index is 12.3. The first-order valence-electron chi connectivity index (χ1n) is 9.36. The maximum Gasteiger partial charge on any atom is 0.333 e. The second-order valence-corrected chi connectivity index (χ2v) is 12.5. The Labute approximate surface area is 172 Å². The molecule has 14 heteroatoms. The van der Waals surface area contributed by atoms with Crippen LogP contribution in [0.4, 0.5) is 0 Å². The number of nitrogens with one attached hydrogen (secondary N) is 1. The molecule has 2 saturated heterocycles. The number of fused-ring (bicyclic) bond motifs is 1. The molecule has 12 nitrogen and oxygen atoms in total. The van der Waals surface area contributed by atoms with Crippen molar-refractivity contribution in [1.82, 2.24) is 9.96 Å². The third kappa shape index (κ3) is 5.86. The highest BCUT2D eigenvalue weighted by Crippen LogP contribution is 2.48. The van der Waals surface area contributed by atoms with Crippen molar-refractivity contribution >= 4 is 38.4 Å². The van der Waals surface area contributed by atoms with Crippen molar-refractivity contribution in [3.63, 3.8) is 0 Å². The van der Waals surface area contributed by atoms with E-state index in [1.54, 1.807) is 0 Å². The van der Waals surface area contributed by atoms with Gasteiger partial charge in [0.1, 0.15) is 11.9 Å². The van der Waals surface area contributed by atoms with Crippen molar-refractivity contribution in [2.45, 2.75) is 31.6 Å². The van der Waals surface area contributed by atoms with Gasteiger partial charge in [0.05, 0.1) is 6.42 Å². The summed E-state index contributed by atoms with van der Waals surface area (Å²) in [5.41, 5.74) is 0. The zero-order valence-corrected chi connectivity index (χ0v) is 17.8. The van der Waals surface area contributed by atoms with Gasteiger partial charge in [0.25, 0.3) is 11.8 Å². The molecule has 4 unspecified atom stereocenters. The molecule has 0 aromatic heterocycles. The molecule has 3 rings (SSSR count). The number of carbonyl (C=O) groups is 3. The first-order valence-corrected chi connectivity index (χ1v) is 13.4. The third-order valence-electron chi connectivity index (χ3n) is 4.95. The molecular formula is C16H23N3O9P2. The van der Waals surface area contributed by atoms with Crippen molar-refractivity contribution < 1.29 is 42.9 Å². The number of hydroxylamine groups is 2. The van der Waals surface area contributed by atoms with Crippen molar-refractivity contribution in [2.75, 3.05) is 31.2 Å². The van der Waals surface area contributed by atoms with E-state index >= 15 is 0 Å². The van der Waals surface area contributed by atoms with Crippen molar-refractivity contribution in [3.8, 4) is 0 Å². The summed E-state index contributed by atoms with van der Waals surface area (Å²) in [7, 11) is -7.71. The smallest absolute Gasteiger partial charge is 0.333 e. The number of amidine groups is 1. The van der Waals surface area contributed by atoms with E-state index in [0.717, 1.165) is 9.96 Å².